The molecule has 4 atom stereocenters. The van der Waals surface area contributed by atoms with Gasteiger partial charge in [0, 0.05) is 17.9 Å². The molecule has 3 nitrogen and oxygen atoms in total. The first-order valence-electron chi connectivity index (χ1n) is 8.78. The maximum Gasteiger partial charge on any atom is 0.334 e. The summed E-state index contributed by atoms with van der Waals surface area (Å²) >= 11 is 0. The van der Waals surface area contributed by atoms with Crippen molar-refractivity contribution in [2.45, 2.75) is 77.1 Å². The van der Waals surface area contributed by atoms with Gasteiger partial charge in [0.2, 0.25) is 0 Å². The quantitative estimate of drug-likeness (QED) is 0.286. The van der Waals surface area contributed by atoms with Crippen LogP contribution in [-0.4, -0.2) is 23.8 Å². The highest BCUT2D eigenvalue weighted by Gasteiger charge is 2.55. The van der Waals surface area contributed by atoms with E-state index in [4.69, 9.17) is 9.47 Å². The minimum Gasteiger partial charge on any atom is -0.458 e. The SMILES string of the molecule is C=C1C(=O)O[C@H]2C[C@]3(C)O[C@H]3CC/C(C)=C\CCC(C)=CC[C@H]12. The number of rotatable bonds is 0. The van der Waals surface area contributed by atoms with Crippen LogP contribution in [0.1, 0.15) is 59.3 Å². The number of hydrogen-bond donors (Lipinski definition) is 0. The number of epoxide rings is 1. The van der Waals surface area contributed by atoms with Gasteiger partial charge in [0.05, 0.1) is 11.7 Å². The van der Waals surface area contributed by atoms with Crippen molar-refractivity contribution >= 4 is 5.97 Å². The molecule has 0 N–H and O–H groups in total. The van der Waals surface area contributed by atoms with Crippen LogP contribution in [-0.2, 0) is 14.3 Å². The van der Waals surface area contributed by atoms with Crippen LogP contribution >= 0.6 is 0 Å². The van der Waals surface area contributed by atoms with Crippen molar-refractivity contribution in [3.63, 3.8) is 0 Å². The lowest BCUT2D eigenvalue weighted by Gasteiger charge is -2.19. The van der Waals surface area contributed by atoms with Crippen LogP contribution in [0, 0.1) is 5.92 Å². The van der Waals surface area contributed by atoms with Gasteiger partial charge in [0.1, 0.15) is 6.10 Å². The zero-order valence-corrected chi connectivity index (χ0v) is 14.6. The normalized spacial score (nSPS) is 40.9. The van der Waals surface area contributed by atoms with Gasteiger partial charge >= 0.3 is 5.97 Å². The Morgan fingerprint density at radius 3 is 2.74 bits per heavy atom. The Bertz CT molecular complexity index is 571. The molecule has 1 aliphatic carbocycles. The Morgan fingerprint density at radius 2 is 1.96 bits per heavy atom. The molecule has 0 aromatic carbocycles. The number of carbonyl (C=O) groups is 1. The monoisotopic (exact) mass is 316 g/mol. The average molecular weight is 316 g/mol. The molecule has 0 unspecified atom stereocenters. The minimum atomic E-state index is -0.228. The Hall–Kier alpha value is -1.35. The maximum absolute atomic E-state index is 11.9. The summed E-state index contributed by atoms with van der Waals surface area (Å²) in [6, 6.07) is 0. The summed E-state index contributed by atoms with van der Waals surface area (Å²) in [5.41, 5.74) is 3.31. The van der Waals surface area contributed by atoms with Crippen molar-refractivity contribution in [1.82, 2.24) is 0 Å². The first-order chi connectivity index (χ1) is 10.9. The van der Waals surface area contributed by atoms with Gasteiger partial charge in [-0.15, -0.1) is 0 Å². The highest BCUT2D eigenvalue weighted by molar-refractivity contribution is 5.90. The van der Waals surface area contributed by atoms with E-state index >= 15 is 0 Å². The molecule has 0 saturated carbocycles. The first-order valence-corrected chi connectivity index (χ1v) is 8.78. The Morgan fingerprint density at radius 1 is 1.22 bits per heavy atom. The smallest absolute Gasteiger partial charge is 0.334 e. The van der Waals surface area contributed by atoms with Crippen molar-refractivity contribution in [2.75, 3.05) is 0 Å². The molecule has 0 spiro atoms. The second-order valence-corrected chi connectivity index (χ2v) is 7.61. The summed E-state index contributed by atoms with van der Waals surface area (Å²) < 4.78 is 11.6. The number of ether oxygens (including phenoxy) is 2. The second-order valence-electron chi connectivity index (χ2n) is 7.61. The van der Waals surface area contributed by atoms with Gasteiger partial charge in [-0.05, 0) is 52.9 Å². The summed E-state index contributed by atoms with van der Waals surface area (Å²) in [6.07, 6.45) is 10.7. The van der Waals surface area contributed by atoms with Gasteiger partial charge in [0.25, 0.3) is 0 Å². The van der Waals surface area contributed by atoms with Gasteiger partial charge in [0.15, 0.2) is 0 Å². The predicted octanol–water partition coefficient (Wildman–Crippen LogP) is 4.49. The van der Waals surface area contributed by atoms with Crippen LogP contribution in [0.15, 0.2) is 35.5 Å². The van der Waals surface area contributed by atoms with E-state index in [2.05, 4.69) is 39.5 Å². The van der Waals surface area contributed by atoms with Gasteiger partial charge in [-0.2, -0.15) is 0 Å². The zero-order chi connectivity index (χ0) is 16.6. The molecule has 2 fully saturated rings. The van der Waals surface area contributed by atoms with Gasteiger partial charge in [-0.25, -0.2) is 4.79 Å². The molecule has 0 amide bonds. The number of esters is 1. The molecule has 0 aromatic heterocycles. The summed E-state index contributed by atoms with van der Waals surface area (Å²) in [6.45, 7) is 10.5. The van der Waals surface area contributed by atoms with Crippen molar-refractivity contribution < 1.29 is 14.3 Å². The van der Waals surface area contributed by atoms with Crippen LogP contribution < -0.4 is 0 Å². The first kappa shape index (κ1) is 16.5. The number of hydrogen-bond acceptors (Lipinski definition) is 3. The number of fused-ring (bicyclic) bond motifs is 2. The van der Waals surface area contributed by atoms with E-state index in [9.17, 15) is 4.79 Å². The fraction of sp³-hybridized carbons (Fsp3) is 0.650. The molecule has 3 rings (SSSR count). The highest BCUT2D eigenvalue weighted by atomic mass is 16.6. The molecule has 2 saturated heterocycles. The van der Waals surface area contributed by atoms with E-state index < -0.39 is 0 Å². The van der Waals surface area contributed by atoms with E-state index in [0.29, 0.717) is 11.7 Å². The van der Waals surface area contributed by atoms with Gasteiger partial charge in [-0.1, -0.05) is 29.9 Å². The molecular weight excluding hydrogens is 288 g/mol. The molecule has 2 aliphatic heterocycles. The third-order valence-electron chi connectivity index (χ3n) is 5.61. The molecule has 3 heteroatoms. The van der Waals surface area contributed by atoms with Gasteiger partial charge in [-0.3, -0.25) is 0 Å². The lowest BCUT2D eigenvalue weighted by atomic mass is 9.85. The standard InChI is InChI=1S/C20H28O3/c1-13-6-5-7-14(2)9-11-18-20(4,23-18)12-17-16(10-8-13)15(3)19(21)22-17/h7-8,16-18H,3,5-6,9-12H2,1-2,4H3/b13-8?,14-7-/t16-,17+,18+,20+/m1/s1. The van der Waals surface area contributed by atoms with E-state index in [1.54, 1.807) is 0 Å². The lowest BCUT2D eigenvalue weighted by Crippen LogP contribution is -2.25. The number of allylic oxidation sites excluding steroid dienone is 4. The van der Waals surface area contributed by atoms with Crippen LogP contribution in [0.2, 0.25) is 0 Å². The fourth-order valence-electron chi connectivity index (χ4n) is 3.82. The average Bonchev–Trinajstić information content (AvgIpc) is 3.05. The van der Waals surface area contributed by atoms with E-state index in [1.165, 1.54) is 11.1 Å². The predicted molar refractivity (Wildman–Crippen MR) is 91.0 cm³/mol. The van der Waals surface area contributed by atoms with Crippen LogP contribution in [0.25, 0.3) is 0 Å². The number of carbonyl (C=O) groups excluding carboxylic acids is 1. The lowest BCUT2D eigenvalue weighted by molar-refractivity contribution is -0.139. The molecule has 126 valence electrons. The third-order valence-corrected chi connectivity index (χ3v) is 5.61. The molecule has 0 radical (unpaired) electrons. The minimum absolute atomic E-state index is 0.0892. The molecule has 0 aromatic rings. The molecule has 3 aliphatic rings. The van der Waals surface area contributed by atoms with Crippen LogP contribution in [0.3, 0.4) is 0 Å². The fourth-order valence-corrected chi connectivity index (χ4v) is 3.82. The Labute approximate surface area is 139 Å². The third kappa shape index (κ3) is 3.60. The van der Waals surface area contributed by atoms with Crippen molar-refractivity contribution in [3.8, 4) is 0 Å². The van der Waals surface area contributed by atoms with Crippen LogP contribution in [0.5, 0.6) is 0 Å². The summed E-state index contributed by atoms with van der Waals surface area (Å²) in [5.74, 6) is -0.131. The largest absolute Gasteiger partial charge is 0.458 e. The second kappa shape index (κ2) is 6.27. The summed E-state index contributed by atoms with van der Waals surface area (Å²) in [7, 11) is 0. The Kier molecular flexibility index (Phi) is 4.50. The van der Waals surface area contributed by atoms with E-state index in [1.807, 2.05) is 0 Å². The molecule has 0 bridgehead atoms. The van der Waals surface area contributed by atoms with Crippen molar-refractivity contribution in [2.24, 2.45) is 5.92 Å². The Balaban J connectivity index is 1.79. The zero-order valence-electron chi connectivity index (χ0n) is 14.6. The summed E-state index contributed by atoms with van der Waals surface area (Å²) in [4.78, 5) is 11.9. The molecular formula is C20H28O3. The van der Waals surface area contributed by atoms with E-state index in [-0.39, 0.29) is 23.6 Å². The van der Waals surface area contributed by atoms with Gasteiger partial charge < -0.3 is 9.47 Å². The van der Waals surface area contributed by atoms with Crippen molar-refractivity contribution in [1.29, 1.82) is 0 Å². The van der Waals surface area contributed by atoms with Crippen molar-refractivity contribution in [3.05, 3.63) is 35.5 Å². The van der Waals surface area contributed by atoms with Crippen LogP contribution in [0.4, 0.5) is 0 Å². The molecule has 2 heterocycles. The highest BCUT2D eigenvalue weighted by Crippen LogP contribution is 2.47. The summed E-state index contributed by atoms with van der Waals surface area (Å²) in [5, 5.41) is 0. The maximum atomic E-state index is 11.9. The molecule has 23 heavy (non-hydrogen) atoms. The topological polar surface area (TPSA) is 38.8 Å². The van der Waals surface area contributed by atoms with E-state index in [0.717, 1.165) is 38.5 Å².